The van der Waals surface area contributed by atoms with Crippen molar-refractivity contribution in [3.63, 3.8) is 0 Å². The van der Waals surface area contributed by atoms with E-state index in [1.807, 2.05) is 41.3 Å². The number of benzene rings is 2. The highest BCUT2D eigenvalue weighted by molar-refractivity contribution is 6.30. The van der Waals surface area contributed by atoms with Crippen LogP contribution in [0.15, 0.2) is 54.6 Å². The number of hydrogen-bond donors (Lipinski definition) is 0. The molecule has 126 valence electrons. The van der Waals surface area contributed by atoms with Crippen molar-refractivity contribution in [1.29, 1.82) is 0 Å². The van der Waals surface area contributed by atoms with Gasteiger partial charge in [0.05, 0.1) is 0 Å². The Bertz CT molecular complexity index is 666. The van der Waals surface area contributed by atoms with Crippen molar-refractivity contribution in [1.82, 2.24) is 9.80 Å². The van der Waals surface area contributed by atoms with Gasteiger partial charge in [-0.05, 0) is 29.7 Å². The van der Waals surface area contributed by atoms with E-state index in [2.05, 4.69) is 23.1 Å². The van der Waals surface area contributed by atoms with Gasteiger partial charge in [-0.2, -0.15) is 0 Å². The number of nitrogens with zero attached hydrogens (tertiary/aromatic N) is 2. The molecule has 0 bridgehead atoms. The number of carbonyl (C=O) groups excluding carboxylic acids is 1. The third-order valence-electron chi connectivity index (χ3n) is 4.49. The molecule has 1 amide bonds. The molecule has 0 atom stereocenters. The van der Waals surface area contributed by atoms with Gasteiger partial charge in [0.15, 0.2) is 0 Å². The van der Waals surface area contributed by atoms with Crippen molar-refractivity contribution in [2.45, 2.75) is 19.4 Å². The lowest BCUT2D eigenvalue weighted by atomic mass is 10.1. The first kappa shape index (κ1) is 17.0. The molecule has 1 heterocycles. The molecule has 1 aliphatic rings. The highest BCUT2D eigenvalue weighted by atomic mass is 35.5. The van der Waals surface area contributed by atoms with Gasteiger partial charge in [0.25, 0.3) is 0 Å². The Morgan fingerprint density at radius 3 is 2.33 bits per heavy atom. The monoisotopic (exact) mass is 342 g/mol. The molecular weight excluding hydrogens is 320 g/mol. The lowest BCUT2D eigenvalue weighted by molar-refractivity contribution is -0.133. The standard InChI is InChI=1S/C20H23ClN2O/c21-19-8-4-7-18(15-19)16-22-11-13-23(14-12-22)20(24)10-9-17-5-2-1-3-6-17/h1-8,15H,9-14,16H2. The topological polar surface area (TPSA) is 23.6 Å². The highest BCUT2D eigenvalue weighted by Crippen LogP contribution is 2.14. The van der Waals surface area contributed by atoms with Crippen LogP contribution in [0.3, 0.4) is 0 Å². The van der Waals surface area contributed by atoms with Crippen molar-refractivity contribution in [3.8, 4) is 0 Å². The van der Waals surface area contributed by atoms with Gasteiger partial charge in [-0.1, -0.05) is 54.1 Å². The molecule has 0 spiro atoms. The second-order valence-electron chi connectivity index (χ2n) is 6.27. The summed E-state index contributed by atoms with van der Waals surface area (Å²) in [5.74, 6) is 0.265. The third-order valence-corrected chi connectivity index (χ3v) is 4.73. The maximum Gasteiger partial charge on any atom is 0.222 e. The number of amides is 1. The van der Waals surface area contributed by atoms with Gasteiger partial charge >= 0.3 is 0 Å². The molecule has 3 rings (SSSR count). The summed E-state index contributed by atoms with van der Waals surface area (Å²) in [6.45, 7) is 4.36. The molecule has 24 heavy (non-hydrogen) atoms. The minimum absolute atomic E-state index is 0.265. The molecule has 0 N–H and O–H groups in total. The van der Waals surface area contributed by atoms with E-state index in [9.17, 15) is 4.79 Å². The second kappa shape index (κ2) is 8.32. The Hall–Kier alpha value is -1.84. The number of aryl methyl sites for hydroxylation is 1. The third kappa shape index (κ3) is 4.83. The van der Waals surface area contributed by atoms with Crippen molar-refractivity contribution < 1.29 is 4.79 Å². The molecule has 1 saturated heterocycles. The molecule has 2 aromatic carbocycles. The van der Waals surface area contributed by atoms with Gasteiger partial charge in [-0.3, -0.25) is 9.69 Å². The molecular formula is C20H23ClN2O. The fraction of sp³-hybridized carbons (Fsp3) is 0.350. The maximum atomic E-state index is 12.4. The van der Waals surface area contributed by atoms with E-state index in [1.165, 1.54) is 11.1 Å². The largest absolute Gasteiger partial charge is 0.340 e. The minimum Gasteiger partial charge on any atom is -0.340 e. The van der Waals surface area contributed by atoms with Crippen LogP contribution < -0.4 is 0 Å². The molecule has 0 aliphatic carbocycles. The first-order valence-electron chi connectivity index (χ1n) is 8.49. The molecule has 0 saturated carbocycles. The van der Waals surface area contributed by atoms with Crippen LogP contribution in [0.1, 0.15) is 17.5 Å². The summed E-state index contributed by atoms with van der Waals surface area (Å²) in [5, 5.41) is 0.780. The summed E-state index contributed by atoms with van der Waals surface area (Å²) in [5.41, 5.74) is 2.46. The number of piperazine rings is 1. The van der Waals surface area contributed by atoms with Crippen molar-refractivity contribution in [2.24, 2.45) is 0 Å². The van der Waals surface area contributed by atoms with E-state index in [-0.39, 0.29) is 5.91 Å². The quantitative estimate of drug-likeness (QED) is 0.828. The molecule has 1 fully saturated rings. The van der Waals surface area contributed by atoms with Crippen LogP contribution in [-0.2, 0) is 17.8 Å². The van der Waals surface area contributed by atoms with E-state index in [0.29, 0.717) is 6.42 Å². The van der Waals surface area contributed by atoms with Gasteiger partial charge < -0.3 is 4.90 Å². The summed E-state index contributed by atoms with van der Waals surface area (Å²) in [6.07, 6.45) is 1.42. The van der Waals surface area contributed by atoms with Crippen molar-refractivity contribution in [2.75, 3.05) is 26.2 Å². The van der Waals surface area contributed by atoms with Crippen LogP contribution in [0.25, 0.3) is 0 Å². The number of halogens is 1. The van der Waals surface area contributed by atoms with Gasteiger partial charge in [-0.25, -0.2) is 0 Å². The predicted molar refractivity (Wildman–Crippen MR) is 98.1 cm³/mol. The van der Waals surface area contributed by atoms with Crippen molar-refractivity contribution >= 4 is 17.5 Å². The summed E-state index contributed by atoms with van der Waals surface area (Å²) in [6, 6.07) is 18.2. The molecule has 0 radical (unpaired) electrons. The predicted octanol–water partition coefficient (Wildman–Crippen LogP) is 3.62. The summed E-state index contributed by atoms with van der Waals surface area (Å²) >= 11 is 6.04. The number of rotatable bonds is 5. The van der Waals surface area contributed by atoms with E-state index in [1.54, 1.807) is 0 Å². The van der Waals surface area contributed by atoms with Gasteiger partial charge in [0.1, 0.15) is 0 Å². The van der Waals surface area contributed by atoms with Gasteiger partial charge in [0, 0.05) is 44.2 Å². The first-order valence-corrected chi connectivity index (χ1v) is 8.87. The fourth-order valence-electron chi connectivity index (χ4n) is 3.10. The van der Waals surface area contributed by atoms with Gasteiger partial charge in [-0.15, -0.1) is 0 Å². The van der Waals surface area contributed by atoms with Crippen molar-refractivity contribution in [3.05, 3.63) is 70.7 Å². The Balaban J connectivity index is 1.43. The van der Waals surface area contributed by atoms with Crippen LogP contribution in [0.4, 0.5) is 0 Å². The molecule has 1 aliphatic heterocycles. The van der Waals surface area contributed by atoms with E-state index in [4.69, 9.17) is 11.6 Å². The number of hydrogen-bond acceptors (Lipinski definition) is 2. The number of carbonyl (C=O) groups is 1. The zero-order valence-corrected chi connectivity index (χ0v) is 14.6. The van der Waals surface area contributed by atoms with Crippen LogP contribution >= 0.6 is 11.6 Å². The summed E-state index contributed by atoms with van der Waals surface area (Å²) < 4.78 is 0. The SMILES string of the molecule is O=C(CCc1ccccc1)N1CCN(Cc2cccc(Cl)c2)CC1. The van der Waals surface area contributed by atoms with E-state index >= 15 is 0 Å². The average Bonchev–Trinajstić information content (AvgIpc) is 2.61. The maximum absolute atomic E-state index is 12.4. The lowest BCUT2D eigenvalue weighted by Gasteiger charge is -2.35. The lowest BCUT2D eigenvalue weighted by Crippen LogP contribution is -2.48. The van der Waals surface area contributed by atoms with Crippen LogP contribution in [0, 0.1) is 0 Å². The molecule has 2 aromatic rings. The minimum atomic E-state index is 0.265. The normalized spacial score (nSPS) is 15.5. The Kier molecular flexibility index (Phi) is 5.89. The summed E-state index contributed by atoms with van der Waals surface area (Å²) in [7, 11) is 0. The Morgan fingerprint density at radius 2 is 1.62 bits per heavy atom. The van der Waals surface area contributed by atoms with E-state index in [0.717, 1.165) is 44.2 Å². The zero-order chi connectivity index (χ0) is 16.8. The fourth-order valence-corrected chi connectivity index (χ4v) is 3.32. The van der Waals surface area contributed by atoms with Crippen LogP contribution in [-0.4, -0.2) is 41.9 Å². The average molecular weight is 343 g/mol. The molecule has 4 heteroatoms. The van der Waals surface area contributed by atoms with Gasteiger partial charge in [0.2, 0.25) is 5.91 Å². The molecule has 0 aromatic heterocycles. The zero-order valence-electron chi connectivity index (χ0n) is 13.8. The van der Waals surface area contributed by atoms with Crippen LogP contribution in [0.2, 0.25) is 5.02 Å². The molecule has 3 nitrogen and oxygen atoms in total. The Morgan fingerprint density at radius 1 is 0.917 bits per heavy atom. The second-order valence-corrected chi connectivity index (χ2v) is 6.71. The highest BCUT2D eigenvalue weighted by Gasteiger charge is 2.20. The first-order chi connectivity index (χ1) is 11.7. The smallest absolute Gasteiger partial charge is 0.222 e. The Labute approximate surface area is 148 Å². The summed E-state index contributed by atoms with van der Waals surface area (Å²) in [4.78, 5) is 16.8. The van der Waals surface area contributed by atoms with Crippen LogP contribution in [0.5, 0.6) is 0 Å². The molecule has 0 unspecified atom stereocenters. The van der Waals surface area contributed by atoms with E-state index < -0.39 is 0 Å².